The number of hydrogen-bond acceptors (Lipinski definition) is 3. The van der Waals surface area contributed by atoms with Gasteiger partial charge in [-0.3, -0.25) is 9.89 Å². The Kier molecular flexibility index (Phi) is 2.09. The van der Waals surface area contributed by atoms with Gasteiger partial charge in [0.05, 0.1) is 5.69 Å². The summed E-state index contributed by atoms with van der Waals surface area (Å²) in [5.74, 6) is 0.211. The Labute approximate surface area is 84.3 Å². The molecule has 2 heterocycles. The van der Waals surface area contributed by atoms with E-state index in [0.717, 1.165) is 5.69 Å². The molecule has 0 unspecified atom stereocenters. The molecule has 0 amide bonds. The van der Waals surface area contributed by atoms with Gasteiger partial charge in [-0.2, -0.15) is 10.2 Å². The summed E-state index contributed by atoms with van der Waals surface area (Å²) in [4.78, 5) is 11.4. The smallest absolute Gasteiger partial charge is 0.227 e. The molecule has 6 heteroatoms. The number of aromatic nitrogens is 4. The largest absolute Gasteiger partial charge is 0.286 e. The van der Waals surface area contributed by atoms with Crippen molar-refractivity contribution in [2.75, 3.05) is 0 Å². The SMILES string of the molecule is Cc1ccn(-c2n[nH]c(Cl)cc2=O)n1. The van der Waals surface area contributed by atoms with Gasteiger partial charge >= 0.3 is 0 Å². The standard InChI is InChI=1S/C8H7ClN4O/c1-5-2-3-13(12-5)8-6(14)4-7(9)10-11-8/h2-4H,1H3,(H,10,14). The Bertz CT molecular complexity index is 516. The maximum atomic E-state index is 11.4. The highest BCUT2D eigenvalue weighted by Gasteiger charge is 2.05. The Morgan fingerprint density at radius 2 is 2.36 bits per heavy atom. The van der Waals surface area contributed by atoms with Crippen molar-refractivity contribution in [2.24, 2.45) is 0 Å². The molecule has 0 saturated carbocycles. The molecule has 0 aliphatic carbocycles. The molecule has 0 aliphatic rings. The highest BCUT2D eigenvalue weighted by atomic mass is 35.5. The molecular formula is C8H7ClN4O. The van der Waals surface area contributed by atoms with E-state index in [1.807, 2.05) is 6.92 Å². The minimum atomic E-state index is -0.267. The Morgan fingerprint density at radius 3 is 2.93 bits per heavy atom. The molecule has 0 atom stereocenters. The molecular weight excluding hydrogens is 204 g/mol. The van der Waals surface area contributed by atoms with Crippen LogP contribution in [-0.2, 0) is 0 Å². The summed E-state index contributed by atoms with van der Waals surface area (Å²) >= 11 is 5.56. The van der Waals surface area contributed by atoms with Gasteiger partial charge in [0.15, 0.2) is 0 Å². The first kappa shape index (κ1) is 8.96. The fourth-order valence-electron chi connectivity index (χ4n) is 1.07. The summed E-state index contributed by atoms with van der Waals surface area (Å²) in [5, 5.41) is 10.6. The summed E-state index contributed by atoms with van der Waals surface area (Å²) in [6.45, 7) is 1.83. The summed E-state index contributed by atoms with van der Waals surface area (Å²) in [6, 6.07) is 3.05. The second-order valence-corrected chi connectivity index (χ2v) is 3.21. The fourth-order valence-corrected chi connectivity index (χ4v) is 1.21. The highest BCUT2D eigenvalue weighted by Crippen LogP contribution is 2.01. The van der Waals surface area contributed by atoms with Crippen molar-refractivity contribution in [1.82, 2.24) is 20.0 Å². The summed E-state index contributed by atoms with van der Waals surface area (Å²) < 4.78 is 1.41. The molecule has 2 rings (SSSR count). The Hall–Kier alpha value is -1.62. The van der Waals surface area contributed by atoms with Crippen LogP contribution in [0.15, 0.2) is 23.1 Å². The monoisotopic (exact) mass is 210 g/mol. The van der Waals surface area contributed by atoms with Gasteiger partial charge in [-0.25, -0.2) is 4.68 Å². The van der Waals surface area contributed by atoms with Gasteiger partial charge in [0, 0.05) is 12.3 Å². The molecule has 2 aromatic heterocycles. The second kappa shape index (κ2) is 3.26. The van der Waals surface area contributed by atoms with Gasteiger partial charge < -0.3 is 0 Å². The molecule has 0 aromatic carbocycles. The molecule has 14 heavy (non-hydrogen) atoms. The van der Waals surface area contributed by atoms with E-state index in [1.54, 1.807) is 12.3 Å². The van der Waals surface area contributed by atoms with Crippen molar-refractivity contribution < 1.29 is 0 Å². The lowest BCUT2D eigenvalue weighted by atomic mass is 10.5. The molecule has 72 valence electrons. The quantitative estimate of drug-likeness (QED) is 0.761. The number of H-pyrrole nitrogens is 1. The Balaban J connectivity index is 2.57. The van der Waals surface area contributed by atoms with Gasteiger partial charge in [-0.05, 0) is 13.0 Å². The molecule has 0 bridgehead atoms. The number of nitrogens with one attached hydrogen (secondary N) is 1. The molecule has 0 spiro atoms. The number of nitrogens with zero attached hydrogens (tertiary/aromatic N) is 3. The third-order valence-electron chi connectivity index (χ3n) is 1.69. The number of aromatic amines is 1. The van der Waals surface area contributed by atoms with E-state index in [-0.39, 0.29) is 16.4 Å². The predicted octanol–water partition coefficient (Wildman–Crippen LogP) is 0.917. The third kappa shape index (κ3) is 1.54. The van der Waals surface area contributed by atoms with E-state index in [0.29, 0.717) is 0 Å². The predicted molar refractivity (Wildman–Crippen MR) is 51.7 cm³/mol. The fraction of sp³-hybridized carbons (Fsp3) is 0.125. The Morgan fingerprint density at radius 1 is 1.57 bits per heavy atom. The van der Waals surface area contributed by atoms with Crippen molar-refractivity contribution in [3.8, 4) is 5.82 Å². The molecule has 1 N–H and O–H groups in total. The summed E-state index contributed by atoms with van der Waals surface area (Å²) in [5.41, 5.74) is 0.554. The molecule has 0 radical (unpaired) electrons. The maximum absolute atomic E-state index is 11.4. The molecule has 0 saturated heterocycles. The van der Waals surface area contributed by atoms with E-state index in [4.69, 9.17) is 11.6 Å². The zero-order chi connectivity index (χ0) is 10.1. The van der Waals surface area contributed by atoms with Crippen LogP contribution in [0, 0.1) is 6.92 Å². The lowest BCUT2D eigenvalue weighted by Crippen LogP contribution is -2.14. The molecule has 5 nitrogen and oxygen atoms in total. The first-order valence-electron chi connectivity index (χ1n) is 3.95. The van der Waals surface area contributed by atoms with Crippen LogP contribution < -0.4 is 5.43 Å². The van der Waals surface area contributed by atoms with Gasteiger partial charge in [-0.1, -0.05) is 11.6 Å². The van der Waals surface area contributed by atoms with E-state index < -0.39 is 0 Å². The lowest BCUT2D eigenvalue weighted by Gasteiger charge is -1.97. The number of aryl methyl sites for hydroxylation is 1. The maximum Gasteiger partial charge on any atom is 0.227 e. The van der Waals surface area contributed by atoms with E-state index >= 15 is 0 Å². The lowest BCUT2D eigenvalue weighted by molar-refractivity contribution is 0.795. The average molecular weight is 211 g/mol. The van der Waals surface area contributed by atoms with Gasteiger partial charge in [0.2, 0.25) is 11.2 Å². The number of halogens is 1. The van der Waals surface area contributed by atoms with Crippen LogP contribution in [0.25, 0.3) is 5.82 Å². The van der Waals surface area contributed by atoms with Crippen molar-refractivity contribution in [2.45, 2.75) is 6.92 Å². The van der Waals surface area contributed by atoms with Crippen LogP contribution in [0.1, 0.15) is 5.69 Å². The minimum Gasteiger partial charge on any atom is -0.286 e. The van der Waals surface area contributed by atoms with Crippen molar-refractivity contribution in [3.05, 3.63) is 39.4 Å². The topological polar surface area (TPSA) is 63.6 Å². The average Bonchev–Trinajstić information content (AvgIpc) is 2.51. The second-order valence-electron chi connectivity index (χ2n) is 2.81. The van der Waals surface area contributed by atoms with Gasteiger partial charge in [-0.15, -0.1) is 0 Å². The van der Waals surface area contributed by atoms with Crippen LogP contribution in [0.3, 0.4) is 0 Å². The van der Waals surface area contributed by atoms with Gasteiger partial charge in [0.1, 0.15) is 5.15 Å². The minimum absolute atomic E-state index is 0.211. The third-order valence-corrected chi connectivity index (χ3v) is 1.88. The summed E-state index contributed by atoms with van der Waals surface area (Å²) in [7, 11) is 0. The van der Waals surface area contributed by atoms with Crippen LogP contribution in [0.4, 0.5) is 0 Å². The molecule has 0 fully saturated rings. The van der Waals surface area contributed by atoms with E-state index in [9.17, 15) is 4.79 Å². The normalized spacial score (nSPS) is 10.4. The van der Waals surface area contributed by atoms with Crippen molar-refractivity contribution >= 4 is 11.6 Å². The van der Waals surface area contributed by atoms with Crippen molar-refractivity contribution in [1.29, 1.82) is 0 Å². The zero-order valence-corrected chi connectivity index (χ0v) is 8.12. The van der Waals surface area contributed by atoms with E-state index in [1.165, 1.54) is 10.7 Å². The summed E-state index contributed by atoms with van der Waals surface area (Å²) in [6.07, 6.45) is 1.67. The first-order chi connectivity index (χ1) is 6.66. The molecule has 0 aliphatic heterocycles. The van der Waals surface area contributed by atoms with E-state index in [2.05, 4.69) is 15.3 Å². The first-order valence-corrected chi connectivity index (χ1v) is 4.32. The molecule has 2 aromatic rings. The van der Waals surface area contributed by atoms with Crippen LogP contribution in [0.5, 0.6) is 0 Å². The van der Waals surface area contributed by atoms with Crippen molar-refractivity contribution in [3.63, 3.8) is 0 Å². The van der Waals surface area contributed by atoms with Gasteiger partial charge in [0.25, 0.3) is 0 Å². The highest BCUT2D eigenvalue weighted by molar-refractivity contribution is 6.29. The number of hydrogen-bond donors (Lipinski definition) is 1. The zero-order valence-electron chi connectivity index (χ0n) is 7.36. The number of rotatable bonds is 1. The van der Waals surface area contributed by atoms with Crippen LogP contribution >= 0.6 is 11.6 Å². The van der Waals surface area contributed by atoms with Crippen LogP contribution in [-0.4, -0.2) is 20.0 Å². The van der Waals surface area contributed by atoms with Crippen LogP contribution in [0.2, 0.25) is 5.15 Å².